The Labute approximate surface area is 124 Å². The first kappa shape index (κ1) is 14.6. The lowest BCUT2D eigenvalue weighted by Crippen LogP contribution is -2.12. The van der Waals surface area contributed by atoms with Crippen molar-refractivity contribution in [3.63, 3.8) is 0 Å². The first-order chi connectivity index (χ1) is 9.41. The van der Waals surface area contributed by atoms with Crippen molar-refractivity contribution in [3.05, 3.63) is 58.6 Å². The van der Waals surface area contributed by atoms with Crippen LogP contribution >= 0.6 is 11.6 Å². The van der Waals surface area contributed by atoms with Gasteiger partial charge in [-0.15, -0.1) is 0 Å². The maximum Gasteiger partial charge on any atom is 0.153 e. The molecule has 0 spiro atoms. The molecule has 0 N–H and O–H groups in total. The van der Waals surface area contributed by atoms with Crippen LogP contribution in [0.25, 0.3) is 0 Å². The highest BCUT2D eigenvalue weighted by atomic mass is 35.5. The van der Waals surface area contributed by atoms with E-state index in [1.54, 1.807) is 18.2 Å². The largest absolute Gasteiger partial charge is 0.456 e. The van der Waals surface area contributed by atoms with Gasteiger partial charge in [0.15, 0.2) is 6.29 Å². The summed E-state index contributed by atoms with van der Waals surface area (Å²) in [5, 5.41) is 0.517. The number of benzene rings is 2. The van der Waals surface area contributed by atoms with Crippen molar-refractivity contribution in [1.82, 2.24) is 0 Å². The highest BCUT2D eigenvalue weighted by Crippen LogP contribution is 2.35. The summed E-state index contributed by atoms with van der Waals surface area (Å²) in [5.41, 5.74) is 1.50. The molecule has 0 atom stereocenters. The van der Waals surface area contributed by atoms with Crippen LogP contribution in [0, 0.1) is 0 Å². The summed E-state index contributed by atoms with van der Waals surface area (Å²) in [7, 11) is 0. The molecular weight excluding hydrogens is 272 g/mol. The molecule has 0 aliphatic carbocycles. The molecule has 0 unspecified atom stereocenters. The SMILES string of the molecule is CC(C)(C)c1ccccc1Oc1ccc(Cl)cc1C=O. The molecular formula is C17H17ClO2. The molecule has 0 saturated carbocycles. The van der Waals surface area contributed by atoms with Crippen LogP contribution in [0.3, 0.4) is 0 Å². The Morgan fingerprint density at radius 2 is 1.75 bits per heavy atom. The van der Waals surface area contributed by atoms with Crippen molar-refractivity contribution in [2.24, 2.45) is 0 Å². The van der Waals surface area contributed by atoms with E-state index in [-0.39, 0.29) is 5.41 Å². The van der Waals surface area contributed by atoms with Crippen LogP contribution in [0.5, 0.6) is 11.5 Å². The third-order valence-electron chi connectivity index (χ3n) is 3.01. The van der Waals surface area contributed by atoms with Gasteiger partial charge in [0.2, 0.25) is 0 Å². The molecule has 20 heavy (non-hydrogen) atoms. The molecule has 0 amide bonds. The fourth-order valence-electron chi connectivity index (χ4n) is 2.00. The van der Waals surface area contributed by atoms with E-state index in [0.717, 1.165) is 17.6 Å². The maximum absolute atomic E-state index is 11.1. The second kappa shape index (κ2) is 5.68. The Morgan fingerprint density at radius 3 is 2.40 bits per heavy atom. The predicted octanol–water partition coefficient (Wildman–Crippen LogP) is 5.24. The van der Waals surface area contributed by atoms with Gasteiger partial charge in [-0.05, 0) is 29.7 Å². The zero-order chi connectivity index (χ0) is 14.8. The van der Waals surface area contributed by atoms with Gasteiger partial charge in [0.1, 0.15) is 11.5 Å². The van der Waals surface area contributed by atoms with E-state index in [2.05, 4.69) is 20.8 Å². The number of hydrogen-bond acceptors (Lipinski definition) is 2. The van der Waals surface area contributed by atoms with Crippen molar-refractivity contribution in [2.75, 3.05) is 0 Å². The van der Waals surface area contributed by atoms with Crippen LogP contribution in [0.1, 0.15) is 36.7 Å². The molecule has 0 bridgehead atoms. The second-order valence-corrected chi connectivity index (χ2v) is 6.08. The molecule has 0 saturated heterocycles. The average Bonchev–Trinajstić information content (AvgIpc) is 2.40. The van der Waals surface area contributed by atoms with Gasteiger partial charge in [-0.1, -0.05) is 50.6 Å². The molecule has 104 valence electrons. The number of rotatable bonds is 3. The summed E-state index contributed by atoms with van der Waals surface area (Å²) in [6.45, 7) is 6.37. The van der Waals surface area contributed by atoms with Crippen LogP contribution in [0.15, 0.2) is 42.5 Å². The first-order valence-corrected chi connectivity index (χ1v) is 6.81. The molecule has 0 aromatic heterocycles. The van der Waals surface area contributed by atoms with Crippen LogP contribution < -0.4 is 4.74 Å². The minimum atomic E-state index is -0.0373. The number of aldehydes is 1. The molecule has 2 aromatic rings. The third-order valence-corrected chi connectivity index (χ3v) is 3.25. The smallest absolute Gasteiger partial charge is 0.153 e. The summed E-state index contributed by atoms with van der Waals surface area (Å²) >= 11 is 5.89. The van der Waals surface area contributed by atoms with Crippen molar-refractivity contribution in [2.45, 2.75) is 26.2 Å². The normalized spacial score (nSPS) is 11.2. The van der Waals surface area contributed by atoms with E-state index in [1.165, 1.54) is 0 Å². The van der Waals surface area contributed by atoms with E-state index < -0.39 is 0 Å². The minimum Gasteiger partial charge on any atom is -0.456 e. The van der Waals surface area contributed by atoms with Crippen molar-refractivity contribution < 1.29 is 9.53 Å². The average molecular weight is 289 g/mol. The summed E-state index contributed by atoms with van der Waals surface area (Å²) in [4.78, 5) is 11.1. The highest BCUT2D eigenvalue weighted by molar-refractivity contribution is 6.30. The Hall–Kier alpha value is -1.80. The Kier molecular flexibility index (Phi) is 4.15. The van der Waals surface area contributed by atoms with Gasteiger partial charge in [0.25, 0.3) is 0 Å². The fraction of sp³-hybridized carbons (Fsp3) is 0.235. The molecule has 0 radical (unpaired) electrons. The molecule has 0 aliphatic heterocycles. The van der Waals surface area contributed by atoms with Gasteiger partial charge in [-0.3, -0.25) is 4.79 Å². The lowest BCUT2D eigenvalue weighted by molar-refractivity contribution is 0.112. The monoisotopic (exact) mass is 288 g/mol. The molecule has 2 rings (SSSR count). The van der Waals surface area contributed by atoms with Gasteiger partial charge >= 0.3 is 0 Å². The quantitative estimate of drug-likeness (QED) is 0.722. The van der Waals surface area contributed by atoms with Gasteiger partial charge in [-0.25, -0.2) is 0 Å². The predicted molar refractivity (Wildman–Crippen MR) is 82.1 cm³/mol. The van der Waals surface area contributed by atoms with E-state index in [0.29, 0.717) is 16.3 Å². The van der Waals surface area contributed by atoms with Gasteiger partial charge in [0, 0.05) is 10.6 Å². The lowest BCUT2D eigenvalue weighted by atomic mass is 9.86. The van der Waals surface area contributed by atoms with Crippen molar-refractivity contribution in [1.29, 1.82) is 0 Å². The summed E-state index contributed by atoms with van der Waals surface area (Å²) < 4.78 is 5.92. The topological polar surface area (TPSA) is 26.3 Å². The maximum atomic E-state index is 11.1. The molecule has 3 heteroatoms. The zero-order valence-corrected chi connectivity index (χ0v) is 12.6. The summed E-state index contributed by atoms with van der Waals surface area (Å²) in [6.07, 6.45) is 0.751. The summed E-state index contributed by atoms with van der Waals surface area (Å²) in [6, 6.07) is 12.9. The second-order valence-electron chi connectivity index (χ2n) is 5.65. The third kappa shape index (κ3) is 3.20. The van der Waals surface area contributed by atoms with Crippen molar-refractivity contribution >= 4 is 17.9 Å². The molecule has 2 aromatic carbocycles. The lowest BCUT2D eigenvalue weighted by Gasteiger charge is -2.22. The van der Waals surface area contributed by atoms with E-state index in [9.17, 15) is 4.79 Å². The molecule has 0 fully saturated rings. The fourth-order valence-corrected chi connectivity index (χ4v) is 2.18. The number of carbonyl (C=O) groups excluding carboxylic acids is 1. The molecule has 2 nitrogen and oxygen atoms in total. The van der Waals surface area contributed by atoms with Crippen LogP contribution in [0.2, 0.25) is 5.02 Å². The molecule has 0 aliphatic rings. The van der Waals surface area contributed by atoms with E-state index >= 15 is 0 Å². The number of halogens is 1. The van der Waals surface area contributed by atoms with Crippen molar-refractivity contribution in [3.8, 4) is 11.5 Å². The Bertz CT molecular complexity index is 627. The summed E-state index contributed by atoms with van der Waals surface area (Å²) in [5.74, 6) is 1.27. The van der Waals surface area contributed by atoms with E-state index in [1.807, 2.05) is 24.3 Å². The van der Waals surface area contributed by atoms with Crippen LogP contribution in [-0.4, -0.2) is 6.29 Å². The number of hydrogen-bond donors (Lipinski definition) is 0. The number of carbonyl (C=O) groups is 1. The number of ether oxygens (including phenoxy) is 1. The van der Waals surface area contributed by atoms with Gasteiger partial charge in [-0.2, -0.15) is 0 Å². The first-order valence-electron chi connectivity index (χ1n) is 6.44. The standard InChI is InChI=1S/C17H17ClO2/c1-17(2,3)14-6-4-5-7-16(14)20-15-9-8-13(18)10-12(15)11-19/h4-11H,1-3H3. The Balaban J connectivity index is 2.43. The minimum absolute atomic E-state index is 0.0373. The van der Waals surface area contributed by atoms with Crippen LogP contribution in [-0.2, 0) is 5.41 Å². The zero-order valence-electron chi connectivity index (χ0n) is 11.8. The van der Waals surface area contributed by atoms with E-state index in [4.69, 9.17) is 16.3 Å². The van der Waals surface area contributed by atoms with Crippen LogP contribution in [0.4, 0.5) is 0 Å². The highest BCUT2D eigenvalue weighted by Gasteiger charge is 2.19. The molecule has 0 heterocycles. The Morgan fingerprint density at radius 1 is 1.05 bits per heavy atom. The number of para-hydroxylation sites is 1. The van der Waals surface area contributed by atoms with Gasteiger partial charge in [0.05, 0.1) is 5.56 Å². The van der Waals surface area contributed by atoms with Gasteiger partial charge < -0.3 is 4.74 Å².